The first-order chi connectivity index (χ1) is 11.5. The fraction of sp³-hybridized carbons (Fsp3) is 0.368. The summed E-state index contributed by atoms with van der Waals surface area (Å²) in [5.41, 5.74) is 6.09. The summed E-state index contributed by atoms with van der Waals surface area (Å²) in [7, 11) is 0. The Morgan fingerprint density at radius 2 is 1.75 bits per heavy atom. The quantitative estimate of drug-likeness (QED) is 0.941. The Labute approximate surface area is 142 Å². The molecule has 5 nitrogen and oxygen atoms in total. The molecule has 1 saturated heterocycles. The molecule has 1 N–H and O–H groups in total. The Balaban J connectivity index is 1.82. The number of carbonyl (C=O) groups excluding carboxylic acids is 1. The van der Waals surface area contributed by atoms with Gasteiger partial charge < -0.3 is 15.0 Å². The maximum Gasteiger partial charge on any atom is 0.255 e. The molecule has 0 spiro atoms. The zero-order valence-corrected chi connectivity index (χ0v) is 14.4. The van der Waals surface area contributed by atoms with Crippen LogP contribution < -0.4 is 5.32 Å². The number of nitrogens with one attached hydrogen (secondary N) is 1. The van der Waals surface area contributed by atoms with Gasteiger partial charge in [-0.15, -0.1) is 0 Å². The van der Waals surface area contributed by atoms with E-state index in [1.54, 1.807) is 12.4 Å². The van der Waals surface area contributed by atoms with Crippen molar-refractivity contribution in [1.29, 1.82) is 0 Å². The highest BCUT2D eigenvalue weighted by Gasteiger charge is 2.19. The van der Waals surface area contributed by atoms with Crippen molar-refractivity contribution >= 4 is 17.3 Å². The van der Waals surface area contributed by atoms with Gasteiger partial charge in [0.15, 0.2) is 0 Å². The number of aromatic nitrogens is 1. The topological polar surface area (TPSA) is 54.5 Å². The molecule has 0 bridgehead atoms. The van der Waals surface area contributed by atoms with Crippen molar-refractivity contribution < 1.29 is 9.53 Å². The number of pyridine rings is 1. The van der Waals surface area contributed by atoms with Gasteiger partial charge in [-0.05, 0) is 38.0 Å². The van der Waals surface area contributed by atoms with E-state index in [0.29, 0.717) is 31.9 Å². The van der Waals surface area contributed by atoms with Crippen LogP contribution in [0, 0.1) is 20.8 Å². The molecule has 24 heavy (non-hydrogen) atoms. The van der Waals surface area contributed by atoms with Crippen LogP contribution in [0.4, 0.5) is 11.4 Å². The van der Waals surface area contributed by atoms with E-state index >= 15 is 0 Å². The second-order valence-electron chi connectivity index (χ2n) is 6.27. The van der Waals surface area contributed by atoms with Crippen molar-refractivity contribution in [2.24, 2.45) is 0 Å². The molecule has 0 saturated carbocycles. The molecule has 0 radical (unpaired) electrons. The third kappa shape index (κ3) is 3.57. The normalized spacial score (nSPS) is 14.5. The second-order valence-corrected chi connectivity index (χ2v) is 6.27. The molecule has 1 aliphatic rings. The minimum Gasteiger partial charge on any atom is -0.378 e. The number of hydrogen-bond donors (Lipinski definition) is 1. The summed E-state index contributed by atoms with van der Waals surface area (Å²) >= 11 is 0. The Morgan fingerprint density at radius 1 is 1.08 bits per heavy atom. The minimum atomic E-state index is 0.00630. The molecule has 5 heteroatoms. The molecule has 1 aromatic heterocycles. The fourth-order valence-corrected chi connectivity index (χ4v) is 3.10. The third-order valence-corrected chi connectivity index (χ3v) is 4.23. The summed E-state index contributed by atoms with van der Waals surface area (Å²) in [4.78, 5) is 18.6. The Hall–Kier alpha value is -2.40. The summed E-state index contributed by atoms with van der Waals surface area (Å²) < 4.78 is 5.30. The van der Waals surface area contributed by atoms with Gasteiger partial charge in [-0.2, -0.15) is 0 Å². The summed E-state index contributed by atoms with van der Waals surface area (Å²) in [6.45, 7) is 8.71. The number of benzene rings is 1. The van der Waals surface area contributed by atoms with Crippen LogP contribution in [-0.4, -0.2) is 42.1 Å². The lowest BCUT2D eigenvalue weighted by Gasteiger charge is -2.26. The Bertz CT molecular complexity index is 729. The first kappa shape index (κ1) is 16.5. The molecule has 1 fully saturated rings. The zero-order valence-electron chi connectivity index (χ0n) is 14.4. The molecule has 2 aromatic rings. The van der Waals surface area contributed by atoms with Gasteiger partial charge in [0, 0.05) is 25.0 Å². The van der Waals surface area contributed by atoms with Crippen molar-refractivity contribution in [3.8, 4) is 0 Å². The van der Waals surface area contributed by atoms with E-state index in [9.17, 15) is 4.79 Å². The predicted molar refractivity (Wildman–Crippen MR) is 94.9 cm³/mol. The molecule has 1 amide bonds. The van der Waals surface area contributed by atoms with E-state index in [0.717, 1.165) is 11.4 Å². The van der Waals surface area contributed by atoms with Gasteiger partial charge in [-0.3, -0.25) is 9.78 Å². The number of rotatable bonds is 3. The van der Waals surface area contributed by atoms with Crippen LogP contribution in [0.15, 0.2) is 30.6 Å². The van der Waals surface area contributed by atoms with Crippen LogP contribution in [0.25, 0.3) is 0 Å². The van der Waals surface area contributed by atoms with E-state index in [-0.39, 0.29) is 5.91 Å². The van der Waals surface area contributed by atoms with E-state index < -0.39 is 0 Å². The molecule has 0 unspecified atom stereocenters. The summed E-state index contributed by atoms with van der Waals surface area (Å²) in [5.74, 6) is 0.00630. The van der Waals surface area contributed by atoms with Gasteiger partial charge in [-0.25, -0.2) is 0 Å². The van der Waals surface area contributed by atoms with Crippen LogP contribution in [0.5, 0.6) is 0 Å². The molecule has 0 atom stereocenters. The highest BCUT2D eigenvalue weighted by Crippen LogP contribution is 2.26. The van der Waals surface area contributed by atoms with Crippen molar-refractivity contribution in [3.63, 3.8) is 0 Å². The van der Waals surface area contributed by atoms with E-state index in [1.165, 1.54) is 16.7 Å². The second kappa shape index (κ2) is 7.01. The van der Waals surface area contributed by atoms with Crippen molar-refractivity contribution in [2.45, 2.75) is 20.8 Å². The first-order valence-corrected chi connectivity index (χ1v) is 8.21. The van der Waals surface area contributed by atoms with E-state index in [2.05, 4.69) is 43.2 Å². The Kier molecular flexibility index (Phi) is 4.81. The molecular formula is C19H23N3O2. The third-order valence-electron chi connectivity index (χ3n) is 4.23. The molecule has 126 valence electrons. The number of ether oxygens (including phenoxy) is 1. The number of morpholine rings is 1. The molecule has 2 heterocycles. The summed E-state index contributed by atoms with van der Waals surface area (Å²) in [5, 5.41) is 3.41. The maximum atomic E-state index is 12.6. The van der Waals surface area contributed by atoms with Crippen LogP contribution in [-0.2, 0) is 4.74 Å². The average molecular weight is 325 g/mol. The highest BCUT2D eigenvalue weighted by molar-refractivity contribution is 5.95. The lowest BCUT2D eigenvalue weighted by Crippen LogP contribution is -2.40. The molecule has 3 rings (SSSR count). The van der Waals surface area contributed by atoms with Gasteiger partial charge in [0.2, 0.25) is 0 Å². The smallest absolute Gasteiger partial charge is 0.255 e. The first-order valence-electron chi connectivity index (χ1n) is 8.21. The summed E-state index contributed by atoms with van der Waals surface area (Å²) in [6, 6.07) is 6.15. The standard InChI is InChI=1S/C19H23N3O2/c1-13-8-14(2)18(15(3)9-13)21-17-10-16(11-20-12-17)19(23)22-4-6-24-7-5-22/h8-12,21H,4-7H2,1-3H3. The van der Waals surface area contributed by atoms with Crippen LogP contribution >= 0.6 is 0 Å². The average Bonchev–Trinajstić information content (AvgIpc) is 2.58. The number of anilines is 2. The van der Waals surface area contributed by atoms with Gasteiger partial charge in [0.05, 0.1) is 30.7 Å². The molecular weight excluding hydrogens is 302 g/mol. The van der Waals surface area contributed by atoms with Crippen LogP contribution in [0.3, 0.4) is 0 Å². The van der Waals surface area contributed by atoms with Crippen LogP contribution in [0.1, 0.15) is 27.0 Å². The molecule has 0 aliphatic carbocycles. The lowest BCUT2D eigenvalue weighted by molar-refractivity contribution is 0.0302. The number of nitrogens with zero attached hydrogens (tertiary/aromatic N) is 2. The van der Waals surface area contributed by atoms with Gasteiger partial charge in [-0.1, -0.05) is 17.7 Å². The van der Waals surface area contributed by atoms with E-state index in [1.807, 2.05) is 11.0 Å². The van der Waals surface area contributed by atoms with Gasteiger partial charge in [0.25, 0.3) is 5.91 Å². The highest BCUT2D eigenvalue weighted by atomic mass is 16.5. The largest absolute Gasteiger partial charge is 0.378 e. The van der Waals surface area contributed by atoms with Gasteiger partial charge in [0.1, 0.15) is 0 Å². The molecule has 1 aromatic carbocycles. The van der Waals surface area contributed by atoms with Crippen molar-refractivity contribution in [2.75, 3.05) is 31.6 Å². The SMILES string of the molecule is Cc1cc(C)c(Nc2cncc(C(=O)N3CCOCC3)c2)c(C)c1. The van der Waals surface area contributed by atoms with Crippen LogP contribution in [0.2, 0.25) is 0 Å². The number of aryl methyl sites for hydroxylation is 3. The van der Waals surface area contributed by atoms with E-state index in [4.69, 9.17) is 4.74 Å². The number of amides is 1. The number of carbonyl (C=O) groups is 1. The fourth-order valence-electron chi connectivity index (χ4n) is 3.10. The van der Waals surface area contributed by atoms with Crippen molar-refractivity contribution in [3.05, 3.63) is 52.8 Å². The monoisotopic (exact) mass is 325 g/mol. The van der Waals surface area contributed by atoms with Crippen molar-refractivity contribution in [1.82, 2.24) is 9.88 Å². The maximum absolute atomic E-state index is 12.6. The number of hydrogen-bond acceptors (Lipinski definition) is 4. The lowest BCUT2D eigenvalue weighted by atomic mass is 10.0. The minimum absolute atomic E-state index is 0.00630. The van der Waals surface area contributed by atoms with Gasteiger partial charge >= 0.3 is 0 Å². The zero-order chi connectivity index (χ0) is 17.1. The Morgan fingerprint density at radius 3 is 2.42 bits per heavy atom. The predicted octanol–water partition coefficient (Wildman–Crippen LogP) is 3.22. The molecule has 1 aliphatic heterocycles. The summed E-state index contributed by atoms with van der Waals surface area (Å²) in [6.07, 6.45) is 3.37.